The van der Waals surface area contributed by atoms with Gasteiger partial charge in [0.15, 0.2) is 0 Å². The summed E-state index contributed by atoms with van der Waals surface area (Å²) < 4.78 is 0. The molecule has 1 aliphatic rings. The van der Waals surface area contributed by atoms with Crippen LogP contribution in [-0.2, 0) is 4.79 Å². The van der Waals surface area contributed by atoms with Crippen LogP contribution in [-0.4, -0.2) is 30.5 Å². The summed E-state index contributed by atoms with van der Waals surface area (Å²) in [5, 5.41) is 3.02. The Hall–Kier alpha value is -1.42. The molecule has 0 atom stereocenters. The van der Waals surface area contributed by atoms with Crippen molar-refractivity contribution in [1.29, 1.82) is 0 Å². The Balaban J connectivity index is 2.20. The summed E-state index contributed by atoms with van der Waals surface area (Å²) in [5.74, 6) is 0.110. The van der Waals surface area contributed by atoms with Gasteiger partial charge in [-0.25, -0.2) is 0 Å². The van der Waals surface area contributed by atoms with Crippen molar-refractivity contribution in [2.75, 3.05) is 24.5 Å². The van der Waals surface area contributed by atoms with E-state index in [9.17, 15) is 4.79 Å². The molecule has 1 fully saturated rings. The molecule has 2 heterocycles. The molecular formula is C9H11N3O. The topological polar surface area (TPSA) is 45.2 Å². The Labute approximate surface area is 76.6 Å². The molecular weight excluding hydrogens is 166 g/mol. The number of aromatic nitrogens is 1. The molecule has 0 unspecified atom stereocenters. The summed E-state index contributed by atoms with van der Waals surface area (Å²) in [6, 6.07) is 3.74. The molecule has 0 bridgehead atoms. The Morgan fingerprint density at radius 2 is 2.46 bits per heavy atom. The zero-order valence-corrected chi connectivity index (χ0v) is 7.23. The van der Waals surface area contributed by atoms with E-state index < -0.39 is 0 Å². The van der Waals surface area contributed by atoms with Crippen LogP contribution < -0.4 is 10.2 Å². The second kappa shape index (κ2) is 3.53. The van der Waals surface area contributed by atoms with Crippen molar-refractivity contribution in [2.45, 2.75) is 0 Å². The number of piperazine rings is 1. The molecule has 68 valence electrons. The number of amides is 1. The SMILES string of the molecule is O=C1CNCCN1c1cccnc1. The summed E-state index contributed by atoms with van der Waals surface area (Å²) in [6.07, 6.45) is 3.42. The summed E-state index contributed by atoms with van der Waals surface area (Å²) in [5.41, 5.74) is 0.883. The zero-order chi connectivity index (χ0) is 9.10. The molecule has 4 nitrogen and oxygen atoms in total. The highest BCUT2D eigenvalue weighted by Crippen LogP contribution is 2.12. The quantitative estimate of drug-likeness (QED) is 0.657. The Morgan fingerprint density at radius 3 is 3.15 bits per heavy atom. The lowest BCUT2D eigenvalue weighted by Gasteiger charge is -2.26. The first-order valence-corrected chi connectivity index (χ1v) is 4.29. The van der Waals surface area contributed by atoms with Crippen LogP contribution in [0.3, 0.4) is 0 Å². The molecule has 1 amide bonds. The third-order valence-electron chi connectivity index (χ3n) is 2.05. The highest BCUT2D eigenvalue weighted by molar-refractivity contribution is 5.95. The fourth-order valence-electron chi connectivity index (χ4n) is 1.39. The van der Waals surface area contributed by atoms with Gasteiger partial charge in [0, 0.05) is 19.3 Å². The van der Waals surface area contributed by atoms with E-state index in [1.54, 1.807) is 17.3 Å². The lowest BCUT2D eigenvalue weighted by atomic mass is 10.3. The monoisotopic (exact) mass is 177 g/mol. The van der Waals surface area contributed by atoms with Crippen molar-refractivity contribution in [1.82, 2.24) is 10.3 Å². The summed E-state index contributed by atoms with van der Waals surface area (Å²) in [7, 11) is 0. The number of nitrogens with one attached hydrogen (secondary N) is 1. The van der Waals surface area contributed by atoms with E-state index in [-0.39, 0.29) is 5.91 Å². The minimum absolute atomic E-state index is 0.110. The van der Waals surface area contributed by atoms with Crippen LogP contribution in [0, 0.1) is 0 Å². The fourth-order valence-corrected chi connectivity index (χ4v) is 1.39. The lowest BCUT2D eigenvalue weighted by Crippen LogP contribution is -2.48. The van der Waals surface area contributed by atoms with E-state index in [2.05, 4.69) is 10.3 Å². The average molecular weight is 177 g/mol. The van der Waals surface area contributed by atoms with Gasteiger partial charge in [0.25, 0.3) is 0 Å². The Morgan fingerprint density at radius 1 is 1.54 bits per heavy atom. The molecule has 0 aromatic carbocycles. The van der Waals surface area contributed by atoms with Crippen LogP contribution in [0.2, 0.25) is 0 Å². The number of carbonyl (C=O) groups excluding carboxylic acids is 1. The average Bonchev–Trinajstić information content (AvgIpc) is 2.20. The van der Waals surface area contributed by atoms with Crippen molar-refractivity contribution < 1.29 is 4.79 Å². The van der Waals surface area contributed by atoms with Crippen LogP contribution in [0.4, 0.5) is 5.69 Å². The molecule has 13 heavy (non-hydrogen) atoms. The molecule has 4 heteroatoms. The minimum atomic E-state index is 0.110. The van der Waals surface area contributed by atoms with Crippen LogP contribution in [0.1, 0.15) is 0 Å². The van der Waals surface area contributed by atoms with E-state index in [4.69, 9.17) is 0 Å². The highest BCUT2D eigenvalue weighted by atomic mass is 16.2. The number of hydrogen-bond acceptors (Lipinski definition) is 3. The van der Waals surface area contributed by atoms with Gasteiger partial charge >= 0.3 is 0 Å². The molecule has 0 spiro atoms. The standard InChI is InChI=1S/C9H11N3O/c13-9-7-11-4-5-12(9)8-2-1-3-10-6-8/h1-3,6,11H,4-5,7H2. The number of pyridine rings is 1. The molecule has 1 aliphatic heterocycles. The van der Waals surface area contributed by atoms with E-state index in [1.165, 1.54) is 0 Å². The van der Waals surface area contributed by atoms with Crippen molar-refractivity contribution in [2.24, 2.45) is 0 Å². The van der Waals surface area contributed by atoms with E-state index in [0.29, 0.717) is 6.54 Å². The first kappa shape index (κ1) is 8.19. The van der Waals surface area contributed by atoms with E-state index >= 15 is 0 Å². The van der Waals surface area contributed by atoms with Gasteiger partial charge in [0.05, 0.1) is 18.4 Å². The Bertz CT molecular complexity index is 299. The second-order valence-electron chi connectivity index (χ2n) is 2.93. The number of hydrogen-bond donors (Lipinski definition) is 1. The van der Waals surface area contributed by atoms with Crippen molar-refractivity contribution in [3.05, 3.63) is 24.5 Å². The number of nitrogens with zero attached hydrogens (tertiary/aromatic N) is 2. The van der Waals surface area contributed by atoms with Gasteiger partial charge in [-0.3, -0.25) is 9.78 Å². The molecule has 1 N–H and O–H groups in total. The predicted molar refractivity (Wildman–Crippen MR) is 49.5 cm³/mol. The van der Waals surface area contributed by atoms with Gasteiger partial charge in [0.1, 0.15) is 0 Å². The number of rotatable bonds is 1. The zero-order valence-electron chi connectivity index (χ0n) is 7.23. The van der Waals surface area contributed by atoms with E-state index in [1.807, 2.05) is 12.1 Å². The van der Waals surface area contributed by atoms with Crippen LogP contribution in [0.15, 0.2) is 24.5 Å². The fraction of sp³-hybridized carbons (Fsp3) is 0.333. The largest absolute Gasteiger partial charge is 0.309 e. The third-order valence-corrected chi connectivity index (χ3v) is 2.05. The minimum Gasteiger partial charge on any atom is -0.309 e. The Kier molecular flexibility index (Phi) is 2.23. The van der Waals surface area contributed by atoms with Gasteiger partial charge in [-0.2, -0.15) is 0 Å². The smallest absolute Gasteiger partial charge is 0.241 e. The van der Waals surface area contributed by atoms with Gasteiger partial charge in [-0.1, -0.05) is 0 Å². The molecule has 1 saturated heterocycles. The van der Waals surface area contributed by atoms with Crippen LogP contribution in [0.25, 0.3) is 0 Å². The maximum atomic E-state index is 11.4. The number of carbonyl (C=O) groups is 1. The van der Waals surface area contributed by atoms with Gasteiger partial charge in [-0.15, -0.1) is 0 Å². The van der Waals surface area contributed by atoms with Crippen LogP contribution in [0.5, 0.6) is 0 Å². The van der Waals surface area contributed by atoms with Crippen LogP contribution >= 0.6 is 0 Å². The second-order valence-corrected chi connectivity index (χ2v) is 2.93. The maximum Gasteiger partial charge on any atom is 0.241 e. The summed E-state index contributed by atoms with van der Waals surface area (Å²) >= 11 is 0. The van der Waals surface area contributed by atoms with Crippen molar-refractivity contribution in [3.63, 3.8) is 0 Å². The van der Waals surface area contributed by atoms with Gasteiger partial charge < -0.3 is 10.2 Å². The molecule has 0 saturated carbocycles. The van der Waals surface area contributed by atoms with Crippen molar-refractivity contribution >= 4 is 11.6 Å². The molecule has 1 aromatic heterocycles. The maximum absolute atomic E-state index is 11.4. The molecule has 0 aliphatic carbocycles. The third kappa shape index (κ3) is 1.67. The van der Waals surface area contributed by atoms with E-state index in [0.717, 1.165) is 18.8 Å². The molecule has 1 aromatic rings. The summed E-state index contributed by atoms with van der Waals surface area (Å²) in [4.78, 5) is 17.2. The highest BCUT2D eigenvalue weighted by Gasteiger charge is 2.18. The predicted octanol–water partition coefficient (Wildman–Crippen LogP) is 0.0178. The van der Waals surface area contributed by atoms with Crippen molar-refractivity contribution in [3.8, 4) is 0 Å². The molecule has 0 radical (unpaired) electrons. The van der Waals surface area contributed by atoms with Gasteiger partial charge in [-0.05, 0) is 12.1 Å². The first-order chi connectivity index (χ1) is 6.38. The first-order valence-electron chi connectivity index (χ1n) is 4.29. The normalized spacial score (nSPS) is 17.5. The lowest BCUT2D eigenvalue weighted by molar-refractivity contribution is -0.118. The molecule has 2 rings (SSSR count). The number of anilines is 1. The summed E-state index contributed by atoms with van der Waals surface area (Å²) in [6.45, 7) is 2.00. The van der Waals surface area contributed by atoms with Gasteiger partial charge in [0.2, 0.25) is 5.91 Å².